The fourth-order valence-electron chi connectivity index (χ4n) is 4.23. The van der Waals surface area contributed by atoms with Crippen LogP contribution >= 0.6 is 0 Å². The first-order chi connectivity index (χ1) is 18.6. The van der Waals surface area contributed by atoms with E-state index in [1.807, 2.05) is 13.8 Å². The molecule has 0 aliphatic rings. The highest BCUT2D eigenvalue weighted by Gasteiger charge is 2.15. The van der Waals surface area contributed by atoms with Gasteiger partial charge in [0.1, 0.15) is 0 Å². The molecular formula is C30H46O7S2. The zero-order valence-electron chi connectivity index (χ0n) is 23.5. The van der Waals surface area contributed by atoms with Crippen molar-refractivity contribution in [1.82, 2.24) is 0 Å². The molecule has 0 fully saturated rings. The summed E-state index contributed by atoms with van der Waals surface area (Å²) in [6, 6.07) is 13.3. The highest BCUT2D eigenvalue weighted by Crippen LogP contribution is 2.17. The van der Waals surface area contributed by atoms with Gasteiger partial charge in [0.2, 0.25) is 0 Å². The predicted molar refractivity (Wildman–Crippen MR) is 155 cm³/mol. The number of benzene rings is 2. The lowest BCUT2D eigenvalue weighted by atomic mass is 10.0. The van der Waals surface area contributed by atoms with E-state index < -0.39 is 20.2 Å². The molecule has 9 heteroatoms. The Kier molecular flexibility index (Phi) is 15.3. The van der Waals surface area contributed by atoms with Crippen molar-refractivity contribution in [3.05, 3.63) is 59.7 Å². The predicted octanol–water partition coefficient (Wildman–Crippen LogP) is 6.85. The van der Waals surface area contributed by atoms with Gasteiger partial charge in [-0.1, -0.05) is 93.2 Å². The van der Waals surface area contributed by atoms with E-state index in [0.717, 1.165) is 81.8 Å². The van der Waals surface area contributed by atoms with Crippen LogP contribution in [-0.4, -0.2) is 41.3 Å². The number of unbranched alkanes of at least 4 members (excludes halogenated alkanes) is 9. The normalized spacial score (nSPS) is 13.0. The minimum atomic E-state index is -3.68. The molecule has 0 radical (unpaired) electrons. The molecule has 0 bridgehead atoms. The zero-order chi connectivity index (χ0) is 28.6. The van der Waals surface area contributed by atoms with Crippen molar-refractivity contribution in [3.63, 3.8) is 0 Å². The molecule has 1 atom stereocenters. The number of aryl methyl sites for hydroxylation is 2. The van der Waals surface area contributed by atoms with E-state index in [-0.39, 0.29) is 29.1 Å². The average molecular weight is 583 g/mol. The van der Waals surface area contributed by atoms with Crippen molar-refractivity contribution in [2.45, 2.75) is 113 Å². The molecule has 1 unspecified atom stereocenters. The Morgan fingerprint density at radius 3 is 1.21 bits per heavy atom. The minimum absolute atomic E-state index is 0.193. The Morgan fingerprint density at radius 2 is 0.846 bits per heavy atom. The molecule has 2 aromatic carbocycles. The highest BCUT2D eigenvalue weighted by molar-refractivity contribution is 7.87. The Morgan fingerprint density at radius 1 is 0.538 bits per heavy atom. The van der Waals surface area contributed by atoms with Crippen LogP contribution in [0.25, 0.3) is 0 Å². The van der Waals surface area contributed by atoms with Crippen molar-refractivity contribution < 1.29 is 30.3 Å². The quantitative estimate of drug-likeness (QED) is 0.127. The van der Waals surface area contributed by atoms with Crippen molar-refractivity contribution in [2.75, 3.05) is 13.2 Å². The lowest BCUT2D eigenvalue weighted by Crippen LogP contribution is -2.08. The molecule has 0 saturated heterocycles. The summed E-state index contributed by atoms with van der Waals surface area (Å²) in [5, 5.41) is 10.2. The largest absolute Gasteiger partial charge is 0.393 e. The molecule has 0 spiro atoms. The molecule has 7 nitrogen and oxygen atoms in total. The van der Waals surface area contributed by atoms with Gasteiger partial charge in [0.25, 0.3) is 20.2 Å². The van der Waals surface area contributed by atoms with Gasteiger partial charge in [-0.3, -0.25) is 8.37 Å². The summed E-state index contributed by atoms with van der Waals surface area (Å²) in [5.41, 5.74) is 2.01. The van der Waals surface area contributed by atoms with E-state index in [2.05, 4.69) is 0 Å². The minimum Gasteiger partial charge on any atom is -0.393 e. The number of hydrogen-bond acceptors (Lipinski definition) is 7. The number of aliphatic hydroxyl groups is 1. The van der Waals surface area contributed by atoms with Gasteiger partial charge in [0.05, 0.1) is 29.1 Å². The molecule has 0 amide bonds. The van der Waals surface area contributed by atoms with Gasteiger partial charge in [0, 0.05) is 0 Å². The first-order valence-electron chi connectivity index (χ1n) is 14.2. The van der Waals surface area contributed by atoms with Crippen molar-refractivity contribution in [2.24, 2.45) is 0 Å². The summed E-state index contributed by atoms with van der Waals surface area (Å²) >= 11 is 0. The summed E-state index contributed by atoms with van der Waals surface area (Å²) in [6.07, 6.45) is 11.7. The van der Waals surface area contributed by atoms with Gasteiger partial charge in [-0.05, 0) is 63.8 Å². The average Bonchev–Trinajstić information content (AvgIpc) is 2.89. The van der Waals surface area contributed by atoms with E-state index in [0.29, 0.717) is 12.8 Å². The molecule has 220 valence electrons. The Bertz CT molecular complexity index is 1140. The van der Waals surface area contributed by atoms with Crippen molar-refractivity contribution in [3.8, 4) is 0 Å². The SMILES string of the molecule is Cc1ccc(S(=O)(=O)OCCCCCCCCC(O)CCCCCCCOS(=O)(=O)c2ccc(C)cc2)cc1. The summed E-state index contributed by atoms with van der Waals surface area (Å²) in [7, 11) is -7.36. The van der Waals surface area contributed by atoms with Crippen LogP contribution in [0.1, 0.15) is 94.6 Å². The second-order valence-corrected chi connectivity index (χ2v) is 13.5. The molecule has 0 aromatic heterocycles. The van der Waals surface area contributed by atoms with Crippen molar-refractivity contribution in [1.29, 1.82) is 0 Å². The summed E-state index contributed by atoms with van der Waals surface area (Å²) in [6.45, 7) is 4.21. The molecular weight excluding hydrogens is 536 g/mol. The third-order valence-corrected chi connectivity index (χ3v) is 9.36. The van der Waals surface area contributed by atoms with Gasteiger partial charge in [-0.2, -0.15) is 16.8 Å². The third-order valence-electron chi connectivity index (χ3n) is 6.71. The molecule has 1 N–H and O–H groups in total. The first kappa shape index (κ1) is 33.4. The fourth-order valence-corrected chi connectivity index (χ4v) is 6.11. The molecule has 0 saturated carbocycles. The number of hydrogen-bond donors (Lipinski definition) is 1. The van der Waals surface area contributed by atoms with Crippen LogP contribution in [0.5, 0.6) is 0 Å². The third kappa shape index (κ3) is 13.9. The monoisotopic (exact) mass is 582 g/mol. The van der Waals surface area contributed by atoms with Crippen LogP contribution in [0.2, 0.25) is 0 Å². The number of aliphatic hydroxyl groups excluding tert-OH is 1. The van der Waals surface area contributed by atoms with Gasteiger partial charge in [-0.15, -0.1) is 0 Å². The summed E-state index contributed by atoms with van der Waals surface area (Å²) < 4.78 is 58.9. The summed E-state index contributed by atoms with van der Waals surface area (Å²) in [5.74, 6) is 0. The van der Waals surface area contributed by atoms with Gasteiger partial charge in [-0.25, -0.2) is 0 Å². The molecule has 0 aliphatic carbocycles. The smallest absolute Gasteiger partial charge is 0.296 e. The van der Waals surface area contributed by atoms with E-state index in [4.69, 9.17) is 8.37 Å². The maximum absolute atomic E-state index is 12.2. The molecule has 0 heterocycles. The fraction of sp³-hybridized carbons (Fsp3) is 0.600. The molecule has 39 heavy (non-hydrogen) atoms. The molecule has 2 aromatic rings. The summed E-state index contributed by atoms with van der Waals surface area (Å²) in [4.78, 5) is 0.391. The Balaban J connectivity index is 1.38. The lowest BCUT2D eigenvalue weighted by molar-refractivity contribution is 0.147. The van der Waals surface area contributed by atoms with Gasteiger partial charge >= 0.3 is 0 Å². The topological polar surface area (TPSA) is 107 Å². The first-order valence-corrected chi connectivity index (χ1v) is 17.0. The highest BCUT2D eigenvalue weighted by atomic mass is 32.2. The number of rotatable bonds is 21. The maximum atomic E-state index is 12.2. The van der Waals surface area contributed by atoms with Gasteiger partial charge < -0.3 is 5.11 Å². The molecule has 2 rings (SSSR count). The van der Waals surface area contributed by atoms with Gasteiger partial charge in [0.15, 0.2) is 0 Å². The van der Waals surface area contributed by atoms with Crippen LogP contribution in [0.15, 0.2) is 58.3 Å². The second-order valence-electron chi connectivity index (χ2n) is 10.3. The van der Waals surface area contributed by atoms with Crippen molar-refractivity contribution >= 4 is 20.2 Å². The van der Waals surface area contributed by atoms with E-state index in [9.17, 15) is 21.9 Å². The zero-order valence-corrected chi connectivity index (χ0v) is 25.1. The molecule has 0 aliphatic heterocycles. The van der Waals surface area contributed by atoms with Crippen LogP contribution in [-0.2, 0) is 28.6 Å². The van der Waals surface area contributed by atoms with Crippen LogP contribution in [0, 0.1) is 13.8 Å². The second kappa shape index (κ2) is 17.8. The standard InChI is InChI=1S/C30H46O7S2/c1-26-16-20-29(21-17-26)38(32,33)36-24-12-8-4-3-6-10-14-28(31)15-11-7-5-9-13-25-37-39(34,35)30-22-18-27(2)19-23-30/h16-23,28,31H,3-15,24-25H2,1-2H3. The van der Waals surface area contributed by atoms with Crippen LogP contribution in [0.3, 0.4) is 0 Å². The Hall–Kier alpha value is -1.78. The van der Waals surface area contributed by atoms with E-state index in [1.54, 1.807) is 48.5 Å². The van der Waals surface area contributed by atoms with E-state index >= 15 is 0 Å². The van der Waals surface area contributed by atoms with E-state index in [1.165, 1.54) is 0 Å². The van der Waals surface area contributed by atoms with Crippen LogP contribution < -0.4 is 0 Å². The van der Waals surface area contributed by atoms with Crippen LogP contribution in [0.4, 0.5) is 0 Å². The lowest BCUT2D eigenvalue weighted by Gasteiger charge is -2.10. The Labute approximate surface area is 236 Å². The maximum Gasteiger partial charge on any atom is 0.296 e.